The lowest BCUT2D eigenvalue weighted by Crippen LogP contribution is -2.30. The Morgan fingerprint density at radius 1 is 1.07 bits per heavy atom. The van der Waals surface area contributed by atoms with Crippen molar-refractivity contribution in [2.24, 2.45) is 0 Å². The summed E-state index contributed by atoms with van der Waals surface area (Å²) in [6, 6.07) is 12.1. The van der Waals surface area contributed by atoms with Crippen LogP contribution in [0.3, 0.4) is 0 Å². The van der Waals surface area contributed by atoms with Crippen molar-refractivity contribution in [3.05, 3.63) is 89.3 Å². The van der Waals surface area contributed by atoms with Gasteiger partial charge in [0.2, 0.25) is 0 Å². The van der Waals surface area contributed by atoms with E-state index >= 15 is 0 Å². The van der Waals surface area contributed by atoms with Gasteiger partial charge in [-0.3, -0.25) is 0 Å². The van der Waals surface area contributed by atoms with E-state index in [1.54, 1.807) is 6.20 Å². The molecule has 0 fully saturated rings. The van der Waals surface area contributed by atoms with Crippen LogP contribution in [0.5, 0.6) is 0 Å². The molecule has 2 aromatic heterocycles. The number of rotatable bonds is 5. The summed E-state index contributed by atoms with van der Waals surface area (Å²) in [5.74, 6) is 1.53. The van der Waals surface area contributed by atoms with Gasteiger partial charge in [-0.2, -0.15) is 0 Å². The molecule has 0 spiro atoms. The van der Waals surface area contributed by atoms with Gasteiger partial charge in [0.1, 0.15) is 11.6 Å². The van der Waals surface area contributed by atoms with E-state index < -0.39 is 0 Å². The molecule has 6 nitrogen and oxygen atoms in total. The molecule has 1 aromatic carbocycles. The van der Waals surface area contributed by atoms with Gasteiger partial charge in [-0.15, -0.1) is 0 Å². The van der Waals surface area contributed by atoms with Crippen molar-refractivity contribution in [1.82, 2.24) is 25.2 Å². The summed E-state index contributed by atoms with van der Waals surface area (Å²) in [6.07, 6.45) is 11.3. The maximum Gasteiger partial charge on any atom is 0.128 e. The van der Waals surface area contributed by atoms with Crippen molar-refractivity contribution >= 4 is 16.9 Å². The molecule has 6 heteroatoms. The quantitative estimate of drug-likeness (QED) is 0.620. The molecule has 4 N–H and O–H groups in total. The number of nitrogens with zero attached hydrogens (tertiary/aromatic N) is 3. The van der Waals surface area contributed by atoms with Crippen molar-refractivity contribution in [3.8, 4) is 0 Å². The highest BCUT2D eigenvalue weighted by Gasteiger charge is 2.24. The van der Waals surface area contributed by atoms with Crippen LogP contribution in [0.2, 0.25) is 0 Å². The van der Waals surface area contributed by atoms with Gasteiger partial charge < -0.3 is 20.9 Å². The fraction of sp³-hybridized carbons (Fsp3) is 0.217. The standard InChI is InChI=1S/C23H24N6/c24-23-17(8-5-13-26-23)14-29(15-21-27-18-9-1-2-10-19(18)28-21)20-11-3-6-16-7-4-12-25-22(16)20/h1-2,4-5,7-10,12-13,25H,3,6,11,14-15H2,(H2,24,26)(H,27,28). The van der Waals surface area contributed by atoms with Crippen LogP contribution in [-0.4, -0.2) is 19.9 Å². The maximum absolute atomic E-state index is 6.17. The van der Waals surface area contributed by atoms with E-state index in [9.17, 15) is 0 Å². The van der Waals surface area contributed by atoms with E-state index in [1.165, 1.54) is 17.0 Å². The lowest BCUT2D eigenvalue weighted by Gasteiger charge is -2.34. The predicted octanol–water partition coefficient (Wildman–Crippen LogP) is 3.98. The number of benzene rings is 1. The summed E-state index contributed by atoms with van der Waals surface area (Å²) in [6.45, 7) is 1.37. The number of nitrogens with two attached hydrogens (primary N) is 1. The van der Waals surface area contributed by atoms with Crippen LogP contribution in [0, 0.1) is 0 Å². The Hall–Kier alpha value is -3.54. The fourth-order valence-corrected chi connectivity index (χ4v) is 4.13. The zero-order chi connectivity index (χ0) is 19.6. The number of anilines is 1. The highest BCUT2D eigenvalue weighted by molar-refractivity contribution is 5.74. The topological polar surface area (TPSA) is 82.9 Å². The molecule has 0 amide bonds. The van der Waals surface area contributed by atoms with E-state index in [0.29, 0.717) is 18.9 Å². The molecule has 146 valence electrons. The second-order valence-corrected chi connectivity index (χ2v) is 7.48. The number of aromatic amines is 1. The number of nitrogen functional groups attached to an aromatic ring is 1. The summed E-state index contributed by atoms with van der Waals surface area (Å²) in [5, 5.41) is 3.48. The predicted molar refractivity (Wildman–Crippen MR) is 115 cm³/mol. The van der Waals surface area contributed by atoms with Gasteiger partial charge in [-0.1, -0.05) is 24.3 Å². The van der Waals surface area contributed by atoms with Crippen molar-refractivity contribution in [2.45, 2.75) is 32.4 Å². The Kier molecular flexibility index (Phi) is 4.52. The third-order valence-electron chi connectivity index (χ3n) is 5.54. The molecule has 0 saturated heterocycles. The minimum atomic E-state index is 0.579. The number of hydrogen-bond acceptors (Lipinski definition) is 5. The molecule has 0 saturated carbocycles. The fourth-order valence-electron chi connectivity index (χ4n) is 4.13. The summed E-state index contributed by atoms with van der Waals surface area (Å²) < 4.78 is 0. The second kappa shape index (κ2) is 7.47. The molecule has 2 aliphatic rings. The minimum absolute atomic E-state index is 0.579. The first-order chi connectivity index (χ1) is 14.3. The van der Waals surface area contributed by atoms with Crippen LogP contribution in [-0.2, 0) is 13.1 Å². The summed E-state index contributed by atoms with van der Waals surface area (Å²) in [5.41, 5.74) is 13.1. The third kappa shape index (κ3) is 3.49. The molecule has 1 aliphatic carbocycles. The lowest BCUT2D eigenvalue weighted by atomic mass is 9.93. The molecule has 0 radical (unpaired) electrons. The SMILES string of the molecule is Nc1ncccc1CN(Cc1nc2ccccc2[nH]1)C1=C2NC=CC=C2CCC1. The number of aromatic nitrogens is 3. The number of H-pyrrole nitrogens is 1. The Balaban J connectivity index is 1.54. The highest BCUT2D eigenvalue weighted by atomic mass is 15.2. The van der Waals surface area contributed by atoms with E-state index in [0.717, 1.165) is 41.7 Å². The largest absolute Gasteiger partial charge is 0.383 e. The van der Waals surface area contributed by atoms with E-state index in [-0.39, 0.29) is 0 Å². The molecule has 0 bridgehead atoms. The molecule has 5 rings (SSSR count). The summed E-state index contributed by atoms with van der Waals surface area (Å²) >= 11 is 0. The second-order valence-electron chi connectivity index (χ2n) is 7.48. The van der Waals surface area contributed by atoms with Gasteiger partial charge in [0, 0.05) is 30.2 Å². The molecular weight excluding hydrogens is 360 g/mol. The number of nitrogens with one attached hydrogen (secondary N) is 2. The van der Waals surface area contributed by atoms with Crippen molar-refractivity contribution in [2.75, 3.05) is 5.73 Å². The lowest BCUT2D eigenvalue weighted by molar-refractivity contribution is 0.299. The average Bonchev–Trinajstić information content (AvgIpc) is 3.17. The number of dihydropyridines is 1. The number of hydrogen-bond donors (Lipinski definition) is 3. The van der Waals surface area contributed by atoms with Gasteiger partial charge in [0.25, 0.3) is 0 Å². The van der Waals surface area contributed by atoms with Gasteiger partial charge >= 0.3 is 0 Å². The van der Waals surface area contributed by atoms with Crippen LogP contribution in [0.4, 0.5) is 5.82 Å². The average molecular weight is 384 g/mol. The smallest absolute Gasteiger partial charge is 0.128 e. The number of imidazole rings is 1. The zero-order valence-electron chi connectivity index (χ0n) is 16.2. The molecule has 1 aliphatic heterocycles. The third-order valence-corrected chi connectivity index (χ3v) is 5.54. The summed E-state index contributed by atoms with van der Waals surface area (Å²) in [7, 11) is 0. The Morgan fingerprint density at radius 3 is 2.90 bits per heavy atom. The first kappa shape index (κ1) is 17.6. The molecule has 0 atom stereocenters. The Morgan fingerprint density at radius 2 is 2.00 bits per heavy atom. The highest BCUT2D eigenvalue weighted by Crippen LogP contribution is 2.33. The van der Waals surface area contributed by atoms with E-state index in [1.807, 2.05) is 36.5 Å². The van der Waals surface area contributed by atoms with Crippen LogP contribution in [0.15, 0.2) is 77.9 Å². The Labute approximate surface area is 169 Å². The van der Waals surface area contributed by atoms with Crippen molar-refractivity contribution in [3.63, 3.8) is 0 Å². The molecule has 3 heterocycles. The summed E-state index contributed by atoms with van der Waals surface area (Å²) in [4.78, 5) is 14.9. The van der Waals surface area contributed by atoms with Crippen LogP contribution in [0.1, 0.15) is 30.7 Å². The Bertz CT molecular complexity index is 1100. The minimum Gasteiger partial charge on any atom is -0.383 e. The molecule has 29 heavy (non-hydrogen) atoms. The van der Waals surface area contributed by atoms with Crippen LogP contribution < -0.4 is 11.1 Å². The number of para-hydroxylation sites is 2. The van der Waals surface area contributed by atoms with Gasteiger partial charge in [0.15, 0.2) is 0 Å². The molecule has 0 unspecified atom stereocenters. The number of allylic oxidation sites excluding steroid dienone is 4. The monoisotopic (exact) mass is 384 g/mol. The van der Waals surface area contributed by atoms with Gasteiger partial charge in [-0.05, 0) is 49.1 Å². The molecule has 3 aromatic rings. The normalized spacial score (nSPS) is 15.8. The zero-order valence-corrected chi connectivity index (χ0v) is 16.2. The van der Waals surface area contributed by atoms with Crippen LogP contribution in [0.25, 0.3) is 11.0 Å². The number of fused-ring (bicyclic) bond motifs is 2. The maximum atomic E-state index is 6.17. The van der Waals surface area contributed by atoms with Crippen LogP contribution >= 0.6 is 0 Å². The van der Waals surface area contributed by atoms with Gasteiger partial charge in [-0.25, -0.2) is 9.97 Å². The molecular formula is C23H24N6. The van der Waals surface area contributed by atoms with E-state index in [4.69, 9.17) is 10.7 Å². The number of pyridine rings is 1. The van der Waals surface area contributed by atoms with Gasteiger partial charge in [0.05, 0.1) is 23.3 Å². The first-order valence-corrected chi connectivity index (χ1v) is 10.0. The first-order valence-electron chi connectivity index (χ1n) is 10.0. The van der Waals surface area contributed by atoms with Crippen molar-refractivity contribution < 1.29 is 0 Å². The van der Waals surface area contributed by atoms with E-state index in [2.05, 4.69) is 38.4 Å². The van der Waals surface area contributed by atoms with Crippen molar-refractivity contribution in [1.29, 1.82) is 0 Å².